The Balaban J connectivity index is 2.33. The monoisotopic (exact) mass is 275 g/mol. The summed E-state index contributed by atoms with van der Waals surface area (Å²) in [5.41, 5.74) is 3.90. The van der Waals surface area contributed by atoms with Crippen molar-refractivity contribution in [2.75, 3.05) is 0 Å². The van der Waals surface area contributed by atoms with Gasteiger partial charge in [0.1, 0.15) is 5.82 Å². The van der Waals surface area contributed by atoms with E-state index in [0.29, 0.717) is 10.7 Å². The maximum Gasteiger partial charge on any atom is 0.195 e. The summed E-state index contributed by atoms with van der Waals surface area (Å²) in [5.74, 6) is 1.58. The molecule has 3 nitrogen and oxygen atoms in total. The van der Waals surface area contributed by atoms with Crippen molar-refractivity contribution in [2.45, 2.75) is 40.7 Å². The molecule has 2 aromatic rings. The van der Waals surface area contributed by atoms with Gasteiger partial charge in [-0.25, -0.2) is 0 Å². The summed E-state index contributed by atoms with van der Waals surface area (Å²) in [6, 6.07) is 6.54. The third-order valence-corrected chi connectivity index (χ3v) is 3.55. The minimum absolute atomic E-state index is 0.557. The summed E-state index contributed by atoms with van der Waals surface area (Å²) in [6.45, 7) is 9.56. The van der Waals surface area contributed by atoms with Crippen LogP contribution >= 0.6 is 12.2 Å². The van der Waals surface area contributed by atoms with Crippen LogP contribution in [0.4, 0.5) is 0 Å². The van der Waals surface area contributed by atoms with Gasteiger partial charge in [0.2, 0.25) is 0 Å². The van der Waals surface area contributed by atoms with Crippen molar-refractivity contribution in [3.63, 3.8) is 0 Å². The minimum atomic E-state index is 0.557. The van der Waals surface area contributed by atoms with Gasteiger partial charge in [-0.2, -0.15) is 5.10 Å². The topological polar surface area (TPSA) is 33.6 Å². The van der Waals surface area contributed by atoms with Crippen molar-refractivity contribution < 1.29 is 0 Å². The van der Waals surface area contributed by atoms with Gasteiger partial charge >= 0.3 is 0 Å². The number of hydrogen-bond donors (Lipinski definition) is 1. The predicted octanol–water partition coefficient (Wildman–Crippen LogP) is 3.80. The predicted molar refractivity (Wildman–Crippen MR) is 81.0 cm³/mol. The van der Waals surface area contributed by atoms with Crippen molar-refractivity contribution in [1.29, 1.82) is 0 Å². The molecular formula is C15H21N3S. The van der Waals surface area contributed by atoms with Gasteiger partial charge < -0.3 is 4.57 Å². The van der Waals surface area contributed by atoms with Crippen molar-refractivity contribution in [3.8, 4) is 0 Å². The van der Waals surface area contributed by atoms with E-state index in [1.807, 2.05) is 0 Å². The molecule has 0 saturated heterocycles. The molecule has 0 bridgehead atoms. The van der Waals surface area contributed by atoms with Gasteiger partial charge in [-0.15, -0.1) is 0 Å². The number of benzene rings is 1. The maximum absolute atomic E-state index is 5.31. The molecule has 1 N–H and O–H groups in total. The Hall–Kier alpha value is -1.42. The number of rotatable bonds is 4. The van der Waals surface area contributed by atoms with Gasteiger partial charge in [-0.3, -0.25) is 5.10 Å². The number of nitrogens with one attached hydrogen (secondary N) is 1. The Morgan fingerprint density at radius 1 is 1.32 bits per heavy atom. The molecule has 19 heavy (non-hydrogen) atoms. The fraction of sp³-hybridized carbons (Fsp3) is 0.467. The molecule has 0 radical (unpaired) electrons. The summed E-state index contributed by atoms with van der Waals surface area (Å²) < 4.78 is 2.83. The zero-order valence-corrected chi connectivity index (χ0v) is 12.8. The molecule has 0 fully saturated rings. The normalized spacial score (nSPS) is 11.2. The van der Waals surface area contributed by atoms with Crippen LogP contribution in [0.25, 0.3) is 0 Å². The average Bonchev–Trinajstić information content (AvgIpc) is 2.66. The summed E-state index contributed by atoms with van der Waals surface area (Å²) in [6.07, 6.45) is 0.827. The molecule has 1 aromatic heterocycles. The molecular weight excluding hydrogens is 254 g/mol. The van der Waals surface area contributed by atoms with Gasteiger partial charge in [-0.1, -0.05) is 37.6 Å². The van der Waals surface area contributed by atoms with Gasteiger partial charge in [0.15, 0.2) is 4.77 Å². The lowest BCUT2D eigenvalue weighted by Gasteiger charge is -2.11. The van der Waals surface area contributed by atoms with E-state index in [-0.39, 0.29) is 0 Å². The summed E-state index contributed by atoms with van der Waals surface area (Å²) >= 11 is 5.31. The lowest BCUT2D eigenvalue weighted by atomic mass is 10.0. The number of aromatic nitrogens is 3. The Morgan fingerprint density at radius 2 is 2.05 bits per heavy atom. The molecule has 0 spiro atoms. The van der Waals surface area contributed by atoms with Crippen LogP contribution in [-0.4, -0.2) is 14.8 Å². The van der Waals surface area contributed by atoms with Crippen LogP contribution < -0.4 is 0 Å². The number of H-pyrrole nitrogens is 1. The van der Waals surface area contributed by atoms with E-state index in [9.17, 15) is 0 Å². The molecule has 0 unspecified atom stereocenters. The molecule has 4 heteroatoms. The molecule has 102 valence electrons. The molecule has 0 amide bonds. The molecule has 0 atom stereocenters. The van der Waals surface area contributed by atoms with Gasteiger partial charge in [0, 0.05) is 13.0 Å². The highest BCUT2D eigenvalue weighted by molar-refractivity contribution is 7.71. The summed E-state index contributed by atoms with van der Waals surface area (Å²) in [7, 11) is 0. The highest BCUT2D eigenvalue weighted by atomic mass is 32.1. The Kier molecular flexibility index (Phi) is 4.20. The van der Waals surface area contributed by atoms with E-state index in [0.717, 1.165) is 18.8 Å². The van der Waals surface area contributed by atoms with Crippen LogP contribution in [0.1, 0.15) is 36.4 Å². The van der Waals surface area contributed by atoms with Crippen LogP contribution in [-0.2, 0) is 13.0 Å². The number of aromatic amines is 1. The molecule has 2 rings (SSSR count). The second-order valence-electron chi connectivity index (χ2n) is 5.56. The third-order valence-electron chi connectivity index (χ3n) is 3.24. The second kappa shape index (κ2) is 5.70. The summed E-state index contributed by atoms with van der Waals surface area (Å²) in [4.78, 5) is 0. The van der Waals surface area contributed by atoms with Crippen LogP contribution in [0.15, 0.2) is 18.2 Å². The molecule has 1 heterocycles. The highest BCUT2D eigenvalue weighted by Gasteiger charge is 2.10. The lowest BCUT2D eigenvalue weighted by molar-refractivity contribution is 0.505. The van der Waals surface area contributed by atoms with Gasteiger partial charge in [0.05, 0.1) is 0 Å². The average molecular weight is 275 g/mol. The van der Waals surface area contributed by atoms with E-state index in [4.69, 9.17) is 12.2 Å². The first-order chi connectivity index (χ1) is 8.97. The molecule has 0 saturated carbocycles. The fourth-order valence-electron chi connectivity index (χ4n) is 2.20. The molecule has 0 aliphatic carbocycles. The number of nitrogens with zero attached hydrogens (tertiary/aromatic N) is 2. The highest BCUT2D eigenvalue weighted by Crippen LogP contribution is 2.15. The zero-order valence-electron chi connectivity index (χ0n) is 12.0. The standard InChI is InChI=1S/C15H21N3S/c1-10(2)9-18-14(16-17-15(18)19)8-13-7-11(3)5-6-12(13)4/h5-7,10H,8-9H2,1-4H3,(H,17,19). The smallest absolute Gasteiger partial charge is 0.195 e. The van der Waals surface area contributed by atoms with E-state index in [1.54, 1.807) is 0 Å². The quantitative estimate of drug-likeness (QED) is 0.861. The minimum Gasteiger partial charge on any atom is -0.304 e. The Bertz CT molecular complexity index is 623. The van der Waals surface area contributed by atoms with E-state index in [1.165, 1.54) is 16.7 Å². The zero-order chi connectivity index (χ0) is 14.0. The lowest BCUT2D eigenvalue weighted by Crippen LogP contribution is -2.10. The second-order valence-corrected chi connectivity index (χ2v) is 5.94. The van der Waals surface area contributed by atoms with Crippen LogP contribution in [0.3, 0.4) is 0 Å². The Morgan fingerprint density at radius 3 is 2.74 bits per heavy atom. The Labute approximate surface area is 119 Å². The largest absolute Gasteiger partial charge is 0.304 e. The number of aryl methyl sites for hydroxylation is 2. The first-order valence-corrected chi connectivity index (χ1v) is 7.08. The first-order valence-electron chi connectivity index (χ1n) is 6.67. The molecule has 1 aromatic carbocycles. The van der Waals surface area contributed by atoms with E-state index < -0.39 is 0 Å². The number of hydrogen-bond acceptors (Lipinski definition) is 2. The van der Waals surface area contributed by atoms with Gasteiger partial charge in [0.25, 0.3) is 0 Å². The van der Waals surface area contributed by atoms with Crippen LogP contribution in [0.2, 0.25) is 0 Å². The molecule has 0 aliphatic rings. The van der Waals surface area contributed by atoms with Crippen molar-refractivity contribution in [3.05, 3.63) is 45.5 Å². The van der Waals surface area contributed by atoms with Crippen molar-refractivity contribution >= 4 is 12.2 Å². The maximum atomic E-state index is 5.31. The summed E-state index contributed by atoms with van der Waals surface area (Å²) in [5, 5.41) is 7.29. The van der Waals surface area contributed by atoms with Gasteiger partial charge in [-0.05, 0) is 43.1 Å². The van der Waals surface area contributed by atoms with E-state index in [2.05, 4.69) is 60.7 Å². The van der Waals surface area contributed by atoms with Crippen LogP contribution in [0, 0.1) is 24.5 Å². The SMILES string of the molecule is Cc1ccc(C)c(Cc2n[nH]c(=S)n2CC(C)C)c1. The third kappa shape index (κ3) is 3.32. The van der Waals surface area contributed by atoms with E-state index >= 15 is 0 Å². The van der Waals surface area contributed by atoms with Crippen LogP contribution in [0.5, 0.6) is 0 Å². The first kappa shape index (κ1) is 14.0. The fourth-order valence-corrected chi connectivity index (χ4v) is 2.43. The molecule has 0 aliphatic heterocycles. The van der Waals surface area contributed by atoms with Crippen molar-refractivity contribution in [2.24, 2.45) is 5.92 Å². The van der Waals surface area contributed by atoms with Crippen molar-refractivity contribution in [1.82, 2.24) is 14.8 Å².